The molecule has 0 aliphatic rings. The van der Waals surface area contributed by atoms with Crippen LogP contribution in [0.2, 0.25) is 0 Å². The standard InChI is InChI=1S/C19H23N3O3S3/c1-4-22(5-2)28(23,24)16-6-7-18(25-3)17(10-16)20-11-15-13-27-19(21-15)14-8-9-26-12-14/h6-10,12-13,20H,4-5,11H2,1-3H3. The van der Waals surface area contributed by atoms with Crippen molar-refractivity contribution < 1.29 is 13.2 Å². The van der Waals surface area contributed by atoms with Crippen LogP contribution in [0.3, 0.4) is 0 Å². The monoisotopic (exact) mass is 437 g/mol. The van der Waals surface area contributed by atoms with E-state index in [4.69, 9.17) is 4.74 Å². The van der Waals surface area contributed by atoms with Gasteiger partial charge in [-0.1, -0.05) is 13.8 Å². The van der Waals surface area contributed by atoms with Crippen molar-refractivity contribution in [2.45, 2.75) is 25.3 Å². The first-order valence-corrected chi connectivity index (χ1v) is 12.1. The average molecular weight is 438 g/mol. The van der Waals surface area contributed by atoms with Crippen LogP contribution in [-0.4, -0.2) is 37.9 Å². The third kappa shape index (κ3) is 4.38. The molecule has 0 atom stereocenters. The van der Waals surface area contributed by atoms with Crippen molar-refractivity contribution in [1.29, 1.82) is 0 Å². The van der Waals surface area contributed by atoms with Gasteiger partial charge in [0.1, 0.15) is 10.8 Å². The Balaban J connectivity index is 1.81. The van der Waals surface area contributed by atoms with E-state index in [-0.39, 0.29) is 4.90 Å². The average Bonchev–Trinajstić information content (AvgIpc) is 3.38. The van der Waals surface area contributed by atoms with Gasteiger partial charge in [0.05, 0.1) is 29.9 Å². The lowest BCUT2D eigenvalue weighted by Crippen LogP contribution is -2.30. The summed E-state index contributed by atoms with van der Waals surface area (Å²) >= 11 is 3.23. The molecule has 3 aromatic rings. The molecule has 0 spiro atoms. The van der Waals surface area contributed by atoms with Crippen molar-refractivity contribution in [3.8, 4) is 16.3 Å². The number of rotatable bonds is 9. The normalized spacial score (nSPS) is 11.7. The number of thiazole rings is 1. The summed E-state index contributed by atoms with van der Waals surface area (Å²) in [5.41, 5.74) is 2.64. The molecule has 0 unspecified atom stereocenters. The maximum atomic E-state index is 12.8. The number of ether oxygens (including phenoxy) is 1. The third-order valence-electron chi connectivity index (χ3n) is 4.29. The van der Waals surface area contributed by atoms with Crippen LogP contribution < -0.4 is 10.1 Å². The summed E-state index contributed by atoms with van der Waals surface area (Å²) in [5.74, 6) is 0.590. The molecular weight excluding hydrogens is 414 g/mol. The topological polar surface area (TPSA) is 71.5 Å². The fourth-order valence-corrected chi connectivity index (χ4v) is 5.81. The summed E-state index contributed by atoms with van der Waals surface area (Å²) in [4.78, 5) is 4.89. The molecule has 0 bridgehead atoms. The van der Waals surface area contributed by atoms with Gasteiger partial charge in [0.15, 0.2) is 0 Å². The number of hydrogen-bond acceptors (Lipinski definition) is 7. The lowest BCUT2D eigenvalue weighted by molar-refractivity contribution is 0.415. The smallest absolute Gasteiger partial charge is 0.243 e. The van der Waals surface area contributed by atoms with Crippen molar-refractivity contribution >= 4 is 38.4 Å². The van der Waals surface area contributed by atoms with Gasteiger partial charge < -0.3 is 10.1 Å². The molecule has 0 aliphatic heterocycles. The molecule has 150 valence electrons. The van der Waals surface area contributed by atoms with E-state index < -0.39 is 10.0 Å². The van der Waals surface area contributed by atoms with E-state index in [0.717, 1.165) is 16.3 Å². The highest BCUT2D eigenvalue weighted by atomic mass is 32.2. The van der Waals surface area contributed by atoms with Crippen molar-refractivity contribution in [2.75, 3.05) is 25.5 Å². The molecule has 1 N–H and O–H groups in total. The number of benzene rings is 1. The Morgan fingerprint density at radius 1 is 1.18 bits per heavy atom. The first-order chi connectivity index (χ1) is 13.5. The maximum Gasteiger partial charge on any atom is 0.243 e. The van der Waals surface area contributed by atoms with Crippen molar-refractivity contribution in [1.82, 2.24) is 9.29 Å². The Morgan fingerprint density at radius 2 is 1.96 bits per heavy atom. The molecule has 9 heteroatoms. The highest BCUT2D eigenvalue weighted by Crippen LogP contribution is 2.30. The van der Waals surface area contributed by atoms with Gasteiger partial charge in [0.2, 0.25) is 10.0 Å². The Morgan fingerprint density at radius 3 is 2.61 bits per heavy atom. The van der Waals surface area contributed by atoms with E-state index in [1.807, 2.05) is 30.7 Å². The number of nitrogens with one attached hydrogen (secondary N) is 1. The highest BCUT2D eigenvalue weighted by molar-refractivity contribution is 7.89. The maximum absolute atomic E-state index is 12.8. The van der Waals surface area contributed by atoms with Gasteiger partial charge in [-0.2, -0.15) is 15.6 Å². The van der Waals surface area contributed by atoms with Crippen LogP contribution in [0.5, 0.6) is 5.75 Å². The molecule has 2 heterocycles. The van der Waals surface area contributed by atoms with E-state index in [2.05, 4.69) is 15.7 Å². The predicted molar refractivity (Wildman–Crippen MR) is 116 cm³/mol. The largest absolute Gasteiger partial charge is 0.495 e. The zero-order valence-corrected chi connectivity index (χ0v) is 18.5. The molecule has 3 rings (SSSR count). The fourth-order valence-electron chi connectivity index (χ4n) is 2.79. The van der Waals surface area contributed by atoms with Crippen LogP contribution in [-0.2, 0) is 16.6 Å². The summed E-state index contributed by atoms with van der Waals surface area (Å²) < 4.78 is 32.4. The number of hydrogen-bond donors (Lipinski definition) is 1. The molecule has 6 nitrogen and oxygen atoms in total. The number of nitrogens with zero attached hydrogens (tertiary/aromatic N) is 2. The van der Waals surface area contributed by atoms with Gasteiger partial charge in [-0.3, -0.25) is 0 Å². The molecule has 0 radical (unpaired) electrons. The van der Waals surface area contributed by atoms with Crippen LogP contribution in [0.1, 0.15) is 19.5 Å². The second-order valence-electron chi connectivity index (χ2n) is 5.96. The second-order valence-corrected chi connectivity index (χ2v) is 9.54. The van der Waals surface area contributed by atoms with Gasteiger partial charge in [0.25, 0.3) is 0 Å². The summed E-state index contributed by atoms with van der Waals surface area (Å²) in [6, 6.07) is 6.93. The molecule has 0 saturated carbocycles. The number of sulfonamides is 1. The number of anilines is 1. The minimum Gasteiger partial charge on any atom is -0.495 e. The lowest BCUT2D eigenvalue weighted by atomic mass is 10.3. The molecule has 0 saturated heterocycles. The minimum absolute atomic E-state index is 0.247. The first kappa shape index (κ1) is 20.8. The summed E-state index contributed by atoms with van der Waals surface area (Å²) in [6.45, 7) is 5.00. The van der Waals surface area contributed by atoms with Gasteiger partial charge in [-0.25, -0.2) is 13.4 Å². The fraction of sp³-hybridized carbons (Fsp3) is 0.316. The zero-order valence-electron chi connectivity index (χ0n) is 16.0. The molecule has 28 heavy (non-hydrogen) atoms. The molecule has 0 fully saturated rings. The molecule has 2 aromatic heterocycles. The van der Waals surface area contributed by atoms with E-state index in [1.165, 1.54) is 4.31 Å². The van der Waals surface area contributed by atoms with Crippen LogP contribution in [0, 0.1) is 0 Å². The van der Waals surface area contributed by atoms with E-state index in [0.29, 0.717) is 31.1 Å². The Labute approximate surface area is 173 Å². The molecule has 0 aliphatic carbocycles. The molecule has 0 amide bonds. The van der Waals surface area contributed by atoms with Crippen molar-refractivity contribution in [2.24, 2.45) is 0 Å². The Hall–Kier alpha value is -1.94. The van der Waals surface area contributed by atoms with Crippen LogP contribution in [0.25, 0.3) is 10.6 Å². The van der Waals surface area contributed by atoms with Crippen LogP contribution in [0.4, 0.5) is 5.69 Å². The first-order valence-electron chi connectivity index (χ1n) is 8.88. The van der Waals surface area contributed by atoms with E-state index in [9.17, 15) is 8.42 Å². The van der Waals surface area contributed by atoms with E-state index >= 15 is 0 Å². The van der Waals surface area contributed by atoms with Gasteiger partial charge >= 0.3 is 0 Å². The van der Waals surface area contributed by atoms with Crippen molar-refractivity contribution in [3.63, 3.8) is 0 Å². The quantitative estimate of drug-likeness (QED) is 0.533. The third-order valence-corrected chi connectivity index (χ3v) is 7.96. The van der Waals surface area contributed by atoms with Crippen LogP contribution in [0.15, 0.2) is 45.3 Å². The molecule has 1 aromatic carbocycles. The summed E-state index contributed by atoms with van der Waals surface area (Å²) in [5, 5.41) is 10.3. The number of thiophene rings is 1. The van der Waals surface area contributed by atoms with Crippen molar-refractivity contribution in [3.05, 3.63) is 46.1 Å². The van der Waals surface area contributed by atoms with Gasteiger partial charge in [-0.05, 0) is 29.6 Å². The number of aromatic nitrogens is 1. The minimum atomic E-state index is -3.53. The predicted octanol–water partition coefficient (Wildman–Crippen LogP) is 4.52. The van der Waals surface area contributed by atoms with Gasteiger partial charge in [0, 0.05) is 29.4 Å². The SMILES string of the molecule is CCN(CC)S(=O)(=O)c1ccc(OC)c(NCc2csc(-c3ccsc3)n2)c1. The lowest BCUT2D eigenvalue weighted by Gasteiger charge is -2.19. The van der Waals surface area contributed by atoms with Crippen LogP contribution >= 0.6 is 22.7 Å². The zero-order chi connectivity index (χ0) is 20.1. The molecular formula is C19H23N3O3S3. The van der Waals surface area contributed by atoms with E-state index in [1.54, 1.807) is 48.0 Å². The Bertz CT molecular complexity index is 1010. The summed E-state index contributed by atoms with van der Waals surface area (Å²) in [6.07, 6.45) is 0. The Kier molecular flexibility index (Phi) is 6.71. The second kappa shape index (κ2) is 9.04. The van der Waals surface area contributed by atoms with Gasteiger partial charge in [-0.15, -0.1) is 11.3 Å². The highest BCUT2D eigenvalue weighted by Gasteiger charge is 2.22. The summed E-state index contributed by atoms with van der Waals surface area (Å²) in [7, 11) is -1.97. The number of methoxy groups -OCH3 is 1.